The van der Waals surface area contributed by atoms with Crippen LogP contribution in [0.15, 0.2) is 23.3 Å². The van der Waals surface area contributed by atoms with Crippen LogP contribution in [0.2, 0.25) is 0 Å². The van der Waals surface area contributed by atoms with Gasteiger partial charge in [-0.3, -0.25) is 4.79 Å². The van der Waals surface area contributed by atoms with Crippen molar-refractivity contribution in [2.24, 2.45) is 0 Å². The minimum Gasteiger partial charge on any atom is -0.493 e. The van der Waals surface area contributed by atoms with Gasteiger partial charge in [0.2, 0.25) is 0 Å². The van der Waals surface area contributed by atoms with Gasteiger partial charge in [-0.15, -0.1) is 0 Å². The summed E-state index contributed by atoms with van der Waals surface area (Å²) in [6.07, 6.45) is 0.288. The second kappa shape index (κ2) is 8.21. The molecular formula is C20H26N4O6. The average Bonchev–Trinajstić information content (AvgIpc) is 2.66. The molecule has 1 atom stereocenters. The van der Waals surface area contributed by atoms with E-state index in [2.05, 4.69) is 9.97 Å². The molecule has 1 aliphatic rings. The first-order valence-corrected chi connectivity index (χ1v) is 9.61. The number of ether oxygens (including phenoxy) is 3. The molecule has 0 spiro atoms. The average molecular weight is 418 g/mol. The maximum absolute atomic E-state index is 12.8. The Hall–Kier alpha value is -3.30. The number of hydrogen-bond donors (Lipinski definition) is 1. The maximum Gasteiger partial charge on any atom is 0.415 e. The van der Waals surface area contributed by atoms with E-state index in [1.165, 1.54) is 30.5 Å². The van der Waals surface area contributed by atoms with Gasteiger partial charge >= 0.3 is 12.2 Å². The number of carbonyl (C=O) groups excluding carboxylic acids is 2. The highest BCUT2D eigenvalue weighted by atomic mass is 16.6. The number of amides is 2. The molecule has 1 aromatic carbocycles. The van der Waals surface area contributed by atoms with Crippen molar-refractivity contribution in [2.75, 3.05) is 26.7 Å². The van der Waals surface area contributed by atoms with Crippen LogP contribution in [-0.2, 0) is 4.74 Å². The monoisotopic (exact) mass is 418 g/mol. The van der Waals surface area contributed by atoms with Crippen molar-refractivity contribution in [1.82, 2.24) is 19.8 Å². The predicted molar refractivity (Wildman–Crippen MR) is 109 cm³/mol. The van der Waals surface area contributed by atoms with Gasteiger partial charge in [-0.2, -0.15) is 0 Å². The molecular weight excluding hydrogens is 392 g/mol. The van der Waals surface area contributed by atoms with Crippen LogP contribution in [0.3, 0.4) is 0 Å². The van der Waals surface area contributed by atoms with E-state index in [1.54, 1.807) is 25.7 Å². The third-order valence-corrected chi connectivity index (χ3v) is 4.64. The molecule has 1 saturated heterocycles. The largest absolute Gasteiger partial charge is 0.493 e. The van der Waals surface area contributed by atoms with E-state index in [-0.39, 0.29) is 35.0 Å². The van der Waals surface area contributed by atoms with Gasteiger partial charge in [0.15, 0.2) is 11.5 Å². The summed E-state index contributed by atoms with van der Waals surface area (Å²) in [4.78, 5) is 46.8. The number of nitrogens with one attached hydrogen (secondary N) is 1. The first-order chi connectivity index (χ1) is 14.1. The van der Waals surface area contributed by atoms with Gasteiger partial charge in [-0.25, -0.2) is 14.6 Å². The first-order valence-electron chi connectivity index (χ1n) is 9.61. The number of methoxy groups -OCH3 is 1. The fourth-order valence-electron chi connectivity index (χ4n) is 3.19. The van der Waals surface area contributed by atoms with E-state index in [4.69, 9.17) is 14.2 Å². The van der Waals surface area contributed by atoms with Crippen molar-refractivity contribution in [3.8, 4) is 11.5 Å². The highest BCUT2D eigenvalue weighted by molar-refractivity contribution is 5.83. The van der Waals surface area contributed by atoms with Crippen molar-refractivity contribution in [2.45, 2.75) is 39.3 Å². The van der Waals surface area contributed by atoms with Gasteiger partial charge in [-0.1, -0.05) is 0 Å². The van der Waals surface area contributed by atoms with Crippen LogP contribution >= 0.6 is 0 Å². The number of fused-ring (bicyclic) bond motifs is 1. The Morgan fingerprint density at radius 3 is 2.53 bits per heavy atom. The molecule has 3 rings (SSSR count). The fraction of sp³-hybridized carbons (Fsp3) is 0.500. The van der Waals surface area contributed by atoms with Gasteiger partial charge in [0.05, 0.1) is 30.4 Å². The highest BCUT2D eigenvalue weighted by Gasteiger charge is 2.33. The van der Waals surface area contributed by atoms with Crippen LogP contribution in [0.4, 0.5) is 9.59 Å². The molecule has 2 aromatic rings. The van der Waals surface area contributed by atoms with E-state index < -0.39 is 17.8 Å². The van der Waals surface area contributed by atoms with Crippen molar-refractivity contribution >= 4 is 23.1 Å². The van der Waals surface area contributed by atoms with Gasteiger partial charge in [0.1, 0.15) is 5.60 Å². The smallest absolute Gasteiger partial charge is 0.415 e. The molecule has 1 aliphatic heterocycles. The number of benzene rings is 1. The Morgan fingerprint density at radius 2 is 1.90 bits per heavy atom. The van der Waals surface area contributed by atoms with E-state index in [1.807, 2.05) is 6.92 Å². The molecule has 2 amide bonds. The predicted octanol–water partition coefficient (Wildman–Crippen LogP) is 2.37. The molecule has 0 bridgehead atoms. The normalized spacial score (nSPS) is 17.0. The number of nitrogens with zero attached hydrogens (tertiary/aromatic N) is 3. The number of aromatic amines is 1. The number of carbonyl (C=O) groups is 2. The number of rotatable bonds is 2. The molecule has 162 valence electrons. The minimum absolute atomic E-state index is 0.121. The maximum atomic E-state index is 12.8. The Morgan fingerprint density at radius 1 is 1.17 bits per heavy atom. The summed E-state index contributed by atoms with van der Waals surface area (Å²) in [5.74, 6) is 0.407. The zero-order valence-corrected chi connectivity index (χ0v) is 17.7. The highest BCUT2D eigenvalue weighted by Crippen LogP contribution is 2.31. The van der Waals surface area contributed by atoms with Crippen LogP contribution in [-0.4, -0.2) is 70.3 Å². The molecule has 0 aliphatic carbocycles. The second-order valence-corrected chi connectivity index (χ2v) is 8.09. The van der Waals surface area contributed by atoms with Crippen molar-refractivity contribution < 1.29 is 23.8 Å². The summed E-state index contributed by atoms with van der Waals surface area (Å²) < 4.78 is 16.2. The lowest BCUT2D eigenvalue weighted by Crippen LogP contribution is -2.56. The molecule has 10 nitrogen and oxygen atoms in total. The Kier molecular flexibility index (Phi) is 5.86. The summed E-state index contributed by atoms with van der Waals surface area (Å²) >= 11 is 0. The van der Waals surface area contributed by atoms with E-state index >= 15 is 0 Å². The van der Waals surface area contributed by atoms with Crippen molar-refractivity contribution in [3.05, 3.63) is 28.8 Å². The summed E-state index contributed by atoms with van der Waals surface area (Å²) in [5.41, 5.74) is -0.510. The number of piperazine rings is 1. The lowest BCUT2D eigenvalue weighted by molar-refractivity contribution is 0.00782. The van der Waals surface area contributed by atoms with Crippen molar-refractivity contribution in [3.63, 3.8) is 0 Å². The zero-order valence-electron chi connectivity index (χ0n) is 17.7. The summed E-state index contributed by atoms with van der Waals surface area (Å²) in [7, 11) is 1.44. The second-order valence-electron chi connectivity index (χ2n) is 8.09. The van der Waals surface area contributed by atoms with E-state index in [9.17, 15) is 14.4 Å². The van der Waals surface area contributed by atoms with Crippen LogP contribution < -0.4 is 15.0 Å². The zero-order chi connectivity index (χ0) is 22.1. The topological polar surface area (TPSA) is 114 Å². The Balaban J connectivity index is 1.73. The SMILES string of the molecule is COc1cc2nc[nH]c(=O)c2cc1OC(=O)N1CCN(C(=O)OC(C)(C)C)C[C@H]1C. The molecule has 2 heterocycles. The molecule has 0 radical (unpaired) electrons. The molecule has 0 saturated carbocycles. The first kappa shape index (κ1) is 21.4. The third-order valence-electron chi connectivity index (χ3n) is 4.64. The van der Waals surface area contributed by atoms with Gasteiger partial charge in [0, 0.05) is 25.7 Å². The standard InChI is InChI=1S/C20H26N4O6/c1-12-10-23(18(26)30-20(2,3)4)6-7-24(12)19(27)29-16-8-13-14(9-15(16)28-5)21-11-22-17(13)25/h8-9,11-12H,6-7,10H2,1-5H3,(H,21,22,25)/t12-/m1/s1. The van der Waals surface area contributed by atoms with E-state index in [0.29, 0.717) is 18.6 Å². The van der Waals surface area contributed by atoms with Crippen LogP contribution in [0, 0.1) is 0 Å². The summed E-state index contributed by atoms with van der Waals surface area (Å²) in [5, 5.41) is 0.281. The van der Waals surface area contributed by atoms with Gasteiger partial charge < -0.3 is 29.0 Å². The molecule has 10 heteroatoms. The Bertz CT molecular complexity index is 1010. The molecule has 1 N–H and O–H groups in total. The summed E-state index contributed by atoms with van der Waals surface area (Å²) in [6, 6.07) is 2.69. The summed E-state index contributed by atoms with van der Waals surface area (Å²) in [6.45, 7) is 8.18. The number of H-pyrrole nitrogens is 1. The molecule has 0 unspecified atom stereocenters. The molecule has 1 aromatic heterocycles. The van der Waals surface area contributed by atoms with E-state index in [0.717, 1.165) is 0 Å². The fourth-order valence-corrected chi connectivity index (χ4v) is 3.19. The number of aromatic nitrogens is 2. The molecule has 30 heavy (non-hydrogen) atoms. The van der Waals surface area contributed by atoms with Crippen LogP contribution in [0.25, 0.3) is 10.9 Å². The lowest BCUT2D eigenvalue weighted by Gasteiger charge is -2.39. The van der Waals surface area contributed by atoms with Gasteiger partial charge in [-0.05, 0) is 33.8 Å². The van der Waals surface area contributed by atoms with Crippen LogP contribution in [0.1, 0.15) is 27.7 Å². The molecule has 1 fully saturated rings. The minimum atomic E-state index is -0.593. The number of hydrogen-bond acceptors (Lipinski definition) is 7. The van der Waals surface area contributed by atoms with Crippen LogP contribution in [0.5, 0.6) is 11.5 Å². The third kappa shape index (κ3) is 4.64. The lowest BCUT2D eigenvalue weighted by atomic mass is 10.2. The van der Waals surface area contributed by atoms with Gasteiger partial charge in [0.25, 0.3) is 5.56 Å². The quantitative estimate of drug-likeness (QED) is 0.796. The van der Waals surface area contributed by atoms with Crippen molar-refractivity contribution in [1.29, 1.82) is 0 Å². The Labute approximate surface area is 173 Å².